The van der Waals surface area contributed by atoms with Gasteiger partial charge in [0.25, 0.3) is 0 Å². The molecule has 0 fully saturated rings. The number of anilines is 3. The highest BCUT2D eigenvalue weighted by atomic mass is 16.5. The fraction of sp³-hybridized carbons (Fsp3) is 0.333. The zero-order valence-electron chi connectivity index (χ0n) is 12.4. The highest BCUT2D eigenvalue weighted by Gasteiger charge is 2.12. The van der Waals surface area contributed by atoms with Crippen LogP contribution in [0.3, 0.4) is 0 Å². The summed E-state index contributed by atoms with van der Waals surface area (Å²) in [6, 6.07) is 7.77. The SMILES string of the molecule is CCCc1c(NN)ncnc1Nc1ccccc1OCC. The molecule has 0 saturated heterocycles. The minimum Gasteiger partial charge on any atom is -0.492 e. The maximum absolute atomic E-state index is 5.62. The fourth-order valence-corrected chi connectivity index (χ4v) is 2.11. The molecule has 0 unspecified atom stereocenters. The third-order valence-electron chi connectivity index (χ3n) is 3.02. The summed E-state index contributed by atoms with van der Waals surface area (Å²) in [6.45, 7) is 4.67. The summed E-state index contributed by atoms with van der Waals surface area (Å²) in [5.74, 6) is 7.71. The molecule has 4 N–H and O–H groups in total. The van der Waals surface area contributed by atoms with Crippen LogP contribution >= 0.6 is 0 Å². The van der Waals surface area contributed by atoms with Gasteiger partial charge in [0, 0.05) is 5.56 Å². The molecule has 0 spiro atoms. The van der Waals surface area contributed by atoms with E-state index in [0.29, 0.717) is 12.4 Å². The van der Waals surface area contributed by atoms with Crippen LogP contribution in [0.1, 0.15) is 25.8 Å². The van der Waals surface area contributed by atoms with Crippen molar-refractivity contribution in [2.24, 2.45) is 5.84 Å². The molecule has 0 saturated carbocycles. The molecule has 1 aromatic carbocycles. The topological polar surface area (TPSA) is 85.1 Å². The molecule has 2 aromatic rings. The van der Waals surface area contributed by atoms with E-state index in [2.05, 4.69) is 27.6 Å². The van der Waals surface area contributed by atoms with E-state index in [1.54, 1.807) is 0 Å². The van der Waals surface area contributed by atoms with Crippen molar-refractivity contribution in [2.75, 3.05) is 17.3 Å². The van der Waals surface area contributed by atoms with Crippen LogP contribution in [-0.2, 0) is 6.42 Å². The molecule has 0 aliphatic carbocycles. The normalized spacial score (nSPS) is 10.2. The number of hydrazine groups is 1. The third kappa shape index (κ3) is 3.61. The van der Waals surface area contributed by atoms with Gasteiger partial charge in [-0.15, -0.1) is 0 Å². The van der Waals surface area contributed by atoms with Gasteiger partial charge in [-0.05, 0) is 25.5 Å². The number of para-hydroxylation sites is 2. The summed E-state index contributed by atoms with van der Waals surface area (Å²) < 4.78 is 5.62. The van der Waals surface area contributed by atoms with E-state index in [-0.39, 0.29) is 0 Å². The molecule has 6 heteroatoms. The summed E-state index contributed by atoms with van der Waals surface area (Å²) in [4.78, 5) is 8.49. The molecule has 1 heterocycles. The van der Waals surface area contributed by atoms with Crippen molar-refractivity contribution in [3.63, 3.8) is 0 Å². The number of rotatable bonds is 7. The van der Waals surface area contributed by atoms with Gasteiger partial charge in [0.2, 0.25) is 0 Å². The number of nitrogens with zero attached hydrogens (tertiary/aromatic N) is 2. The van der Waals surface area contributed by atoms with Crippen LogP contribution in [0, 0.1) is 0 Å². The van der Waals surface area contributed by atoms with Gasteiger partial charge < -0.3 is 15.5 Å². The van der Waals surface area contributed by atoms with E-state index < -0.39 is 0 Å². The first-order chi connectivity index (χ1) is 10.3. The Labute approximate surface area is 124 Å². The Kier molecular flexibility index (Phi) is 5.34. The second-order valence-corrected chi connectivity index (χ2v) is 4.50. The lowest BCUT2D eigenvalue weighted by Gasteiger charge is -2.15. The highest BCUT2D eigenvalue weighted by molar-refractivity contribution is 5.68. The van der Waals surface area contributed by atoms with Crippen molar-refractivity contribution in [1.82, 2.24) is 9.97 Å². The van der Waals surface area contributed by atoms with Crippen molar-refractivity contribution in [3.8, 4) is 5.75 Å². The first-order valence-corrected chi connectivity index (χ1v) is 7.09. The van der Waals surface area contributed by atoms with Crippen molar-refractivity contribution >= 4 is 17.3 Å². The average Bonchev–Trinajstić information content (AvgIpc) is 2.51. The number of aromatic nitrogens is 2. The maximum atomic E-state index is 5.62. The molecule has 0 amide bonds. The molecule has 6 nitrogen and oxygen atoms in total. The number of nitrogen functional groups attached to an aromatic ring is 1. The Morgan fingerprint density at radius 1 is 1.14 bits per heavy atom. The van der Waals surface area contributed by atoms with Gasteiger partial charge in [0.05, 0.1) is 12.3 Å². The Morgan fingerprint density at radius 2 is 1.90 bits per heavy atom. The molecule has 0 aliphatic heterocycles. The van der Waals surface area contributed by atoms with Gasteiger partial charge in [0.1, 0.15) is 23.7 Å². The number of ether oxygens (including phenoxy) is 1. The summed E-state index contributed by atoms with van der Waals surface area (Å²) in [7, 11) is 0. The Balaban J connectivity index is 2.35. The molecule has 0 bridgehead atoms. The average molecular weight is 287 g/mol. The van der Waals surface area contributed by atoms with Crippen LogP contribution in [0.15, 0.2) is 30.6 Å². The van der Waals surface area contributed by atoms with Gasteiger partial charge in [-0.25, -0.2) is 15.8 Å². The second-order valence-electron chi connectivity index (χ2n) is 4.50. The lowest BCUT2D eigenvalue weighted by atomic mass is 10.1. The molecular formula is C15H21N5O. The number of nitrogens with two attached hydrogens (primary N) is 1. The van der Waals surface area contributed by atoms with Crippen LogP contribution in [0.4, 0.5) is 17.3 Å². The van der Waals surface area contributed by atoms with Crippen LogP contribution in [0.25, 0.3) is 0 Å². The number of hydrogen-bond acceptors (Lipinski definition) is 6. The quantitative estimate of drug-likeness (QED) is 0.536. The Morgan fingerprint density at radius 3 is 2.62 bits per heavy atom. The summed E-state index contributed by atoms with van der Waals surface area (Å²) in [5.41, 5.74) is 4.46. The van der Waals surface area contributed by atoms with Gasteiger partial charge >= 0.3 is 0 Å². The third-order valence-corrected chi connectivity index (χ3v) is 3.02. The molecular weight excluding hydrogens is 266 g/mol. The lowest BCUT2D eigenvalue weighted by Crippen LogP contribution is -2.13. The van der Waals surface area contributed by atoms with Crippen LogP contribution < -0.4 is 21.3 Å². The molecule has 0 aliphatic rings. The van der Waals surface area contributed by atoms with Crippen molar-refractivity contribution in [3.05, 3.63) is 36.2 Å². The molecule has 2 rings (SSSR count). The van der Waals surface area contributed by atoms with E-state index in [0.717, 1.165) is 35.7 Å². The highest BCUT2D eigenvalue weighted by Crippen LogP contribution is 2.30. The minimum absolute atomic E-state index is 0.611. The van der Waals surface area contributed by atoms with Crippen molar-refractivity contribution in [1.29, 1.82) is 0 Å². The standard InChI is InChI=1S/C15H21N5O/c1-3-7-11-14(17-10-18-15(11)20-16)19-12-8-5-6-9-13(12)21-4-2/h5-6,8-10H,3-4,7,16H2,1-2H3,(H2,17,18,19,20). The van der Waals surface area contributed by atoms with E-state index in [1.807, 2.05) is 31.2 Å². The van der Waals surface area contributed by atoms with Crippen LogP contribution in [-0.4, -0.2) is 16.6 Å². The predicted molar refractivity (Wildman–Crippen MR) is 84.7 cm³/mol. The van der Waals surface area contributed by atoms with E-state index >= 15 is 0 Å². The van der Waals surface area contributed by atoms with Gasteiger partial charge in [-0.3, -0.25) is 0 Å². The Hall–Kier alpha value is -2.34. The zero-order chi connectivity index (χ0) is 15.1. The number of nitrogens with one attached hydrogen (secondary N) is 2. The smallest absolute Gasteiger partial charge is 0.148 e. The minimum atomic E-state index is 0.611. The Bertz CT molecular complexity index is 588. The van der Waals surface area contributed by atoms with Gasteiger partial charge in [-0.2, -0.15) is 0 Å². The molecule has 21 heavy (non-hydrogen) atoms. The predicted octanol–water partition coefficient (Wildman–Crippen LogP) is 2.86. The van der Waals surface area contributed by atoms with E-state index in [9.17, 15) is 0 Å². The monoisotopic (exact) mass is 287 g/mol. The summed E-state index contributed by atoms with van der Waals surface area (Å²) in [5, 5.41) is 3.31. The number of hydrogen-bond donors (Lipinski definition) is 3. The first kappa shape index (κ1) is 15.1. The van der Waals surface area contributed by atoms with Gasteiger partial charge in [0.15, 0.2) is 0 Å². The van der Waals surface area contributed by atoms with Crippen molar-refractivity contribution in [2.45, 2.75) is 26.7 Å². The first-order valence-electron chi connectivity index (χ1n) is 7.09. The summed E-state index contributed by atoms with van der Waals surface area (Å²) >= 11 is 0. The fourth-order valence-electron chi connectivity index (χ4n) is 2.11. The van der Waals surface area contributed by atoms with Crippen LogP contribution in [0.2, 0.25) is 0 Å². The lowest BCUT2D eigenvalue weighted by molar-refractivity contribution is 0.342. The number of benzene rings is 1. The van der Waals surface area contributed by atoms with E-state index in [4.69, 9.17) is 10.6 Å². The second kappa shape index (κ2) is 7.44. The largest absolute Gasteiger partial charge is 0.492 e. The summed E-state index contributed by atoms with van der Waals surface area (Å²) in [6.07, 6.45) is 3.29. The molecule has 112 valence electrons. The van der Waals surface area contributed by atoms with E-state index in [1.165, 1.54) is 6.33 Å². The zero-order valence-corrected chi connectivity index (χ0v) is 12.4. The maximum Gasteiger partial charge on any atom is 0.148 e. The van der Waals surface area contributed by atoms with Crippen LogP contribution in [0.5, 0.6) is 5.75 Å². The molecule has 0 radical (unpaired) electrons. The van der Waals surface area contributed by atoms with Crippen molar-refractivity contribution < 1.29 is 4.74 Å². The molecule has 0 atom stereocenters. The molecule has 1 aromatic heterocycles. The van der Waals surface area contributed by atoms with Gasteiger partial charge in [-0.1, -0.05) is 25.5 Å².